The van der Waals surface area contributed by atoms with Gasteiger partial charge in [-0.1, -0.05) is 11.6 Å². The minimum Gasteiger partial charge on any atom is -0.496 e. The molecule has 1 aliphatic heterocycles. The lowest BCUT2D eigenvalue weighted by Crippen LogP contribution is -2.32. The molecule has 0 atom stereocenters. The second kappa shape index (κ2) is 9.70. The van der Waals surface area contributed by atoms with Gasteiger partial charge in [0.25, 0.3) is 11.5 Å². The summed E-state index contributed by atoms with van der Waals surface area (Å²) in [7, 11) is 5.10. The number of rotatable bonds is 6. The van der Waals surface area contributed by atoms with Crippen LogP contribution in [0, 0.1) is 6.92 Å². The summed E-state index contributed by atoms with van der Waals surface area (Å²) < 4.78 is 8.88. The highest BCUT2D eigenvalue weighted by Gasteiger charge is 2.27. The van der Waals surface area contributed by atoms with Crippen molar-refractivity contribution >= 4 is 28.8 Å². The van der Waals surface area contributed by atoms with Crippen LogP contribution in [-0.2, 0) is 33.1 Å². The third kappa shape index (κ3) is 4.71. The van der Waals surface area contributed by atoms with Crippen molar-refractivity contribution in [2.45, 2.75) is 33.0 Å². The number of aromatic nitrogens is 3. The molecule has 0 N–H and O–H groups in total. The second-order valence-corrected chi connectivity index (χ2v) is 9.46. The molecule has 0 unspecified atom stereocenters. The third-order valence-electron chi connectivity index (χ3n) is 6.12. The first-order valence-corrected chi connectivity index (χ1v) is 12.1. The monoisotopic (exact) mass is 489 g/mol. The van der Waals surface area contributed by atoms with E-state index in [0.29, 0.717) is 55.6 Å². The fourth-order valence-corrected chi connectivity index (χ4v) is 5.23. The summed E-state index contributed by atoms with van der Waals surface area (Å²) in [5.74, 6) is 0.175. The van der Waals surface area contributed by atoms with Crippen molar-refractivity contribution < 1.29 is 9.53 Å². The number of amides is 1. The highest BCUT2D eigenvalue weighted by atomic mass is 35.5. The first-order chi connectivity index (χ1) is 15.8. The minimum atomic E-state index is -0.156. The molecule has 0 aromatic carbocycles. The second-order valence-electron chi connectivity index (χ2n) is 8.32. The third-order valence-corrected chi connectivity index (χ3v) is 7.32. The van der Waals surface area contributed by atoms with Gasteiger partial charge < -0.3 is 14.2 Å². The topological polar surface area (TPSA) is 72.6 Å². The number of pyridine rings is 1. The zero-order valence-corrected chi connectivity index (χ0v) is 20.9. The molecule has 0 fully saturated rings. The van der Waals surface area contributed by atoms with Crippen LogP contribution in [0.4, 0.5) is 0 Å². The molecule has 0 aliphatic carbocycles. The van der Waals surface area contributed by atoms with Gasteiger partial charge in [-0.05, 0) is 29.3 Å². The first-order valence-electron chi connectivity index (χ1n) is 10.8. The number of carbonyl (C=O) groups excluding carboxylic acids is 1. The van der Waals surface area contributed by atoms with Crippen LogP contribution in [0.3, 0.4) is 0 Å². The summed E-state index contributed by atoms with van der Waals surface area (Å²) in [4.78, 5) is 30.3. The molecule has 1 aliphatic rings. The lowest BCUT2D eigenvalue weighted by molar-refractivity contribution is 0.0779. The van der Waals surface area contributed by atoms with Gasteiger partial charge in [0.1, 0.15) is 16.5 Å². The summed E-state index contributed by atoms with van der Waals surface area (Å²) >= 11 is 8.04. The highest BCUT2D eigenvalue weighted by molar-refractivity contribution is 7.07. The number of methoxy groups -OCH3 is 1. The number of aryl methyl sites for hydroxylation is 2. The SMILES string of the molecule is COc1cc(=O)n2c(c1C(=O)N(C)Cc1ccsc1)CCN(Cc1c(C)nn(C)c1Cl)CC2. The van der Waals surface area contributed by atoms with Crippen molar-refractivity contribution in [3.8, 4) is 5.75 Å². The molecule has 4 heterocycles. The Morgan fingerprint density at radius 3 is 2.76 bits per heavy atom. The lowest BCUT2D eigenvalue weighted by atomic mass is 10.1. The van der Waals surface area contributed by atoms with Gasteiger partial charge in [0.15, 0.2) is 0 Å². The molecule has 3 aromatic rings. The van der Waals surface area contributed by atoms with Crippen LogP contribution in [-0.4, -0.2) is 57.3 Å². The van der Waals surface area contributed by atoms with Gasteiger partial charge in [0, 0.05) is 70.6 Å². The maximum atomic E-state index is 13.5. The Morgan fingerprint density at radius 1 is 1.33 bits per heavy atom. The zero-order valence-electron chi connectivity index (χ0n) is 19.3. The van der Waals surface area contributed by atoms with Crippen LogP contribution in [0.1, 0.15) is 32.9 Å². The maximum Gasteiger partial charge on any atom is 0.259 e. The Morgan fingerprint density at radius 2 is 2.12 bits per heavy atom. The van der Waals surface area contributed by atoms with Crippen LogP contribution in [0.25, 0.3) is 0 Å². The average Bonchev–Trinajstić information content (AvgIpc) is 3.30. The Bertz CT molecular complexity index is 1220. The number of nitrogens with zero attached hydrogens (tertiary/aromatic N) is 5. The predicted octanol–water partition coefficient (Wildman–Crippen LogP) is 2.94. The predicted molar refractivity (Wildman–Crippen MR) is 129 cm³/mol. The highest BCUT2D eigenvalue weighted by Crippen LogP contribution is 2.26. The first kappa shape index (κ1) is 23.5. The molecule has 4 rings (SSSR count). The van der Waals surface area contributed by atoms with Gasteiger partial charge in [-0.2, -0.15) is 16.4 Å². The van der Waals surface area contributed by atoms with Crippen molar-refractivity contribution in [1.82, 2.24) is 24.1 Å². The van der Waals surface area contributed by atoms with Gasteiger partial charge in [-0.15, -0.1) is 0 Å². The molecular weight excluding hydrogens is 462 g/mol. The number of ether oxygens (including phenoxy) is 1. The van der Waals surface area contributed by atoms with Crippen LogP contribution in [0.15, 0.2) is 27.7 Å². The van der Waals surface area contributed by atoms with E-state index in [2.05, 4.69) is 10.00 Å². The van der Waals surface area contributed by atoms with Crippen molar-refractivity contribution in [3.05, 3.63) is 66.5 Å². The molecule has 3 aromatic heterocycles. The maximum absolute atomic E-state index is 13.5. The molecule has 0 spiro atoms. The van der Waals surface area contributed by atoms with Crippen molar-refractivity contribution in [1.29, 1.82) is 0 Å². The molecule has 10 heteroatoms. The number of fused-ring (bicyclic) bond motifs is 1. The summed E-state index contributed by atoms with van der Waals surface area (Å²) in [5.41, 5.74) is 3.99. The molecule has 1 amide bonds. The summed E-state index contributed by atoms with van der Waals surface area (Å²) in [6, 6.07) is 3.43. The van der Waals surface area contributed by atoms with Crippen LogP contribution < -0.4 is 10.3 Å². The van der Waals surface area contributed by atoms with Gasteiger partial charge in [0.2, 0.25) is 0 Å². The molecule has 176 valence electrons. The molecule has 0 saturated heterocycles. The minimum absolute atomic E-state index is 0.151. The number of halogens is 1. The van der Waals surface area contributed by atoms with E-state index in [9.17, 15) is 9.59 Å². The molecule has 0 radical (unpaired) electrons. The summed E-state index contributed by atoms with van der Waals surface area (Å²) in [6.07, 6.45) is 0.552. The van der Waals surface area contributed by atoms with Gasteiger partial charge in [0.05, 0.1) is 12.8 Å². The van der Waals surface area contributed by atoms with Gasteiger partial charge >= 0.3 is 0 Å². The van der Waals surface area contributed by atoms with Crippen molar-refractivity contribution in [3.63, 3.8) is 0 Å². The standard InChI is InChI=1S/C23H28ClN5O3S/c1-15-17(22(24)27(3)25-15)13-28-7-5-18-21(19(32-4)11-20(30)29(18)9-8-28)23(31)26(2)12-16-6-10-33-14-16/h6,10-11,14H,5,7-9,12-13H2,1-4H3. The Kier molecular flexibility index (Phi) is 6.92. The largest absolute Gasteiger partial charge is 0.496 e. The fourth-order valence-electron chi connectivity index (χ4n) is 4.34. The van der Waals surface area contributed by atoms with Crippen molar-refractivity contribution in [2.75, 3.05) is 27.2 Å². The number of thiophene rings is 1. The van der Waals surface area contributed by atoms with Crippen LogP contribution in [0.2, 0.25) is 5.15 Å². The van der Waals surface area contributed by atoms with Crippen LogP contribution >= 0.6 is 22.9 Å². The molecule has 0 saturated carbocycles. The molecule has 8 nitrogen and oxygen atoms in total. The van der Waals surface area contributed by atoms with Crippen molar-refractivity contribution in [2.24, 2.45) is 7.05 Å². The van der Waals surface area contributed by atoms with E-state index in [1.165, 1.54) is 13.2 Å². The normalized spacial score (nSPS) is 14.1. The average molecular weight is 490 g/mol. The van der Waals surface area contributed by atoms with E-state index in [0.717, 1.165) is 22.5 Å². The van der Waals surface area contributed by atoms with E-state index in [1.54, 1.807) is 32.5 Å². The van der Waals surface area contributed by atoms with Crippen LogP contribution in [0.5, 0.6) is 5.75 Å². The summed E-state index contributed by atoms with van der Waals surface area (Å²) in [5, 5.41) is 9.05. The summed E-state index contributed by atoms with van der Waals surface area (Å²) in [6.45, 7) is 4.93. The fraction of sp³-hybridized carbons (Fsp3) is 0.435. The molecular formula is C23H28ClN5O3S. The Labute approximate surface area is 201 Å². The molecule has 33 heavy (non-hydrogen) atoms. The van der Waals surface area contributed by atoms with E-state index in [4.69, 9.17) is 16.3 Å². The van der Waals surface area contributed by atoms with E-state index >= 15 is 0 Å². The lowest BCUT2D eigenvalue weighted by Gasteiger charge is -2.22. The zero-order chi connectivity index (χ0) is 23.7. The van der Waals surface area contributed by atoms with E-state index in [1.807, 2.05) is 30.8 Å². The smallest absolute Gasteiger partial charge is 0.259 e. The number of hydrogen-bond acceptors (Lipinski definition) is 6. The number of carbonyl (C=O) groups is 1. The van der Waals surface area contributed by atoms with E-state index < -0.39 is 0 Å². The van der Waals surface area contributed by atoms with Gasteiger partial charge in [-0.25, -0.2) is 0 Å². The Balaban J connectivity index is 1.63. The quantitative estimate of drug-likeness (QED) is 0.532. The van der Waals surface area contributed by atoms with E-state index in [-0.39, 0.29) is 11.5 Å². The van der Waals surface area contributed by atoms with Gasteiger partial charge in [-0.3, -0.25) is 19.2 Å². The number of hydrogen-bond donors (Lipinski definition) is 0. The Hall–Kier alpha value is -2.62. The molecule has 0 bridgehead atoms.